The van der Waals surface area contributed by atoms with Crippen LogP contribution < -0.4 is 10.4 Å². The first-order chi connectivity index (χ1) is 13.9. The average Bonchev–Trinajstić information content (AvgIpc) is 2.98. The number of hydrogen-bond donors (Lipinski definition) is 0. The summed E-state index contributed by atoms with van der Waals surface area (Å²) >= 11 is 5.27. The summed E-state index contributed by atoms with van der Waals surface area (Å²) < 4.78 is 7.58. The standard InChI is InChI=1S/C25H22N2OS/c1-6-19-15-22-23(28-25(29)27(22)5)16-21(19)24(26-7-2)20-13-12-17(3)10-8-9-11-18(4)14-20/h6-16H,1-4H2,5H3/b10-8?,11-9?,13-12?,20-14?,26-24-. The van der Waals surface area contributed by atoms with Gasteiger partial charge in [0.2, 0.25) is 0 Å². The van der Waals surface area contributed by atoms with Crippen LogP contribution in [-0.4, -0.2) is 10.3 Å². The van der Waals surface area contributed by atoms with Crippen molar-refractivity contribution in [3.05, 3.63) is 106 Å². The van der Waals surface area contributed by atoms with Gasteiger partial charge in [0, 0.05) is 24.4 Å². The van der Waals surface area contributed by atoms with Crippen molar-refractivity contribution in [3.63, 3.8) is 0 Å². The zero-order valence-electron chi connectivity index (χ0n) is 16.4. The van der Waals surface area contributed by atoms with Gasteiger partial charge in [0.1, 0.15) is 0 Å². The highest BCUT2D eigenvalue weighted by atomic mass is 32.1. The Morgan fingerprint density at radius 3 is 2.45 bits per heavy atom. The topological polar surface area (TPSA) is 30.4 Å². The molecule has 3 rings (SSSR count). The Hall–Kier alpha value is -3.50. The van der Waals surface area contributed by atoms with Crippen molar-refractivity contribution in [3.8, 4) is 0 Å². The summed E-state index contributed by atoms with van der Waals surface area (Å²) in [5, 5.41) is 1.72. The van der Waals surface area contributed by atoms with Gasteiger partial charge in [-0.2, -0.15) is 0 Å². The number of benzene rings is 1. The summed E-state index contributed by atoms with van der Waals surface area (Å²) in [6.45, 7) is 15.9. The largest absolute Gasteiger partial charge is 0.429 e. The molecule has 144 valence electrons. The predicted molar refractivity (Wildman–Crippen MR) is 126 cm³/mol. The fourth-order valence-corrected chi connectivity index (χ4v) is 3.20. The van der Waals surface area contributed by atoms with Crippen LogP contribution in [0, 0.1) is 4.84 Å². The van der Waals surface area contributed by atoms with Crippen molar-refractivity contribution in [1.29, 1.82) is 0 Å². The fourth-order valence-electron chi connectivity index (χ4n) is 3.01. The van der Waals surface area contributed by atoms with Crippen molar-refractivity contribution in [2.75, 3.05) is 0 Å². The molecule has 0 aliphatic heterocycles. The van der Waals surface area contributed by atoms with Crippen molar-refractivity contribution in [2.45, 2.75) is 0 Å². The minimum atomic E-state index is 0.411. The highest BCUT2D eigenvalue weighted by Crippen LogP contribution is 2.25. The van der Waals surface area contributed by atoms with Gasteiger partial charge >= 0.3 is 0 Å². The van der Waals surface area contributed by atoms with Crippen molar-refractivity contribution in [2.24, 2.45) is 12.0 Å². The van der Waals surface area contributed by atoms with Crippen molar-refractivity contribution >= 4 is 48.3 Å². The summed E-state index contributed by atoms with van der Waals surface area (Å²) in [6, 6.07) is 17.5. The SMILES string of the molecule is C=C/N=C(/c1ccc(=C)ccccc(=C)c1)c1cc2oc(=S)n(C)c2cc1C=C. The van der Waals surface area contributed by atoms with E-state index in [1.54, 1.807) is 6.08 Å². The first-order valence-corrected chi connectivity index (χ1v) is 9.43. The molecule has 0 aliphatic carbocycles. The Kier molecular flexibility index (Phi) is 6.05. The van der Waals surface area contributed by atoms with Crippen LogP contribution in [0.3, 0.4) is 0 Å². The van der Waals surface area contributed by atoms with Gasteiger partial charge in [-0.05, 0) is 46.4 Å². The number of nitrogens with zero attached hydrogens (tertiary/aromatic N) is 2. The van der Waals surface area contributed by atoms with Gasteiger partial charge in [0.15, 0.2) is 5.58 Å². The number of rotatable bonds is 4. The van der Waals surface area contributed by atoms with E-state index in [2.05, 4.69) is 31.3 Å². The van der Waals surface area contributed by atoms with Crippen molar-refractivity contribution < 1.29 is 4.42 Å². The quantitative estimate of drug-likeness (QED) is 0.454. The molecule has 0 saturated heterocycles. The van der Waals surface area contributed by atoms with Crippen LogP contribution in [0.2, 0.25) is 0 Å². The smallest absolute Gasteiger partial charge is 0.269 e. The molecular formula is C25H22N2OS. The Morgan fingerprint density at radius 2 is 1.76 bits per heavy atom. The van der Waals surface area contributed by atoms with Gasteiger partial charge in [0.25, 0.3) is 4.84 Å². The maximum Gasteiger partial charge on any atom is 0.269 e. The van der Waals surface area contributed by atoms with Crippen LogP contribution in [0.1, 0.15) is 16.7 Å². The fraction of sp³-hybridized carbons (Fsp3) is 0.0400. The van der Waals surface area contributed by atoms with E-state index in [9.17, 15) is 0 Å². The van der Waals surface area contributed by atoms with E-state index in [1.807, 2.05) is 66.2 Å². The minimum absolute atomic E-state index is 0.411. The molecule has 0 bridgehead atoms. The van der Waals surface area contributed by atoms with Crippen LogP contribution in [0.4, 0.5) is 0 Å². The number of hydrogen-bond acceptors (Lipinski definition) is 3. The van der Waals surface area contributed by atoms with Crippen LogP contribution in [0.15, 0.2) is 83.4 Å². The summed E-state index contributed by atoms with van der Waals surface area (Å²) in [4.78, 5) is 4.99. The molecule has 1 aromatic heterocycles. The third-order valence-electron chi connectivity index (χ3n) is 4.48. The monoisotopic (exact) mass is 398 g/mol. The molecule has 0 radical (unpaired) electrons. The zero-order chi connectivity index (χ0) is 21.0. The lowest BCUT2D eigenvalue weighted by molar-refractivity contribution is 0.559. The first-order valence-electron chi connectivity index (χ1n) is 9.02. The number of aryl methyl sites for hydroxylation is 1. The molecule has 0 amide bonds. The molecule has 3 nitrogen and oxygen atoms in total. The lowest BCUT2D eigenvalue weighted by Gasteiger charge is -2.10. The maximum absolute atomic E-state index is 5.75. The van der Waals surface area contributed by atoms with Gasteiger partial charge in [-0.25, -0.2) is 0 Å². The highest BCUT2D eigenvalue weighted by molar-refractivity contribution is 7.71. The van der Waals surface area contributed by atoms with Crippen LogP contribution in [0.5, 0.6) is 0 Å². The maximum atomic E-state index is 5.75. The Bertz CT molecular complexity index is 1360. The third-order valence-corrected chi connectivity index (χ3v) is 4.84. The molecular weight excluding hydrogens is 376 g/mol. The number of aliphatic imine (C=N–C) groups is 1. The molecule has 3 aromatic rings. The normalized spacial score (nSPS) is 11.1. The van der Waals surface area contributed by atoms with E-state index in [0.717, 1.165) is 38.4 Å². The summed E-state index contributed by atoms with van der Waals surface area (Å²) in [7, 11) is 1.88. The van der Waals surface area contributed by atoms with Gasteiger partial charge in [-0.3, -0.25) is 4.99 Å². The summed E-state index contributed by atoms with van der Waals surface area (Å²) in [5.74, 6) is 0. The number of aromatic nitrogens is 1. The van der Waals surface area contributed by atoms with Crippen molar-refractivity contribution in [1.82, 2.24) is 4.57 Å². The highest BCUT2D eigenvalue weighted by Gasteiger charge is 2.14. The van der Waals surface area contributed by atoms with E-state index in [0.29, 0.717) is 10.4 Å². The molecule has 0 unspecified atom stereocenters. The molecule has 0 atom stereocenters. The second-order valence-electron chi connectivity index (χ2n) is 6.50. The summed E-state index contributed by atoms with van der Waals surface area (Å²) in [6.07, 6.45) is 3.32. The number of fused-ring (bicyclic) bond motifs is 1. The molecule has 1 heterocycles. The Labute approximate surface area is 175 Å². The molecule has 4 heteroatoms. The molecule has 0 N–H and O–H groups in total. The van der Waals surface area contributed by atoms with Gasteiger partial charge in [0.05, 0.1) is 11.2 Å². The van der Waals surface area contributed by atoms with Gasteiger partial charge in [-0.15, -0.1) is 0 Å². The lowest BCUT2D eigenvalue weighted by atomic mass is 9.97. The molecule has 29 heavy (non-hydrogen) atoms. The summed E-state index contributed by atoms with van der Waals surface area (Å²) in [5.41, 5.74) is 4.95. The molecule has 0 spiro atoms. The Morgan fingerprint density at radius 1 is 1.03 bits per heavy atom. The van der Waals surface area contributed by atoms with Crippen LogP contribution in [-0.2, 0) is 7.05 Å². The first kappa shape index (κ1) is 20.2. The minimum Gasteiger partial charge on any atom is -0.429 e. The van der Waals surface area contributed by atoms with Crippen LogP contribution in [0.25, 0.3) is 30.3 Å². The Balaban J connectivity index is 2.39. The van der Waals surface area contributed by atoms with E-state index in [4.69, 9.17) is 16.6 Å². The molecule has 0 saturated carbocycles. The van der Waals surface area contributed by atoms with Gasteiger partial charge in [-0.1, -0.05) is 68.8 Å². The lowest BCUT2D eigenvalue weighted by Crippen LogP contribution is -2.08. The van der Waals surface area contributed by atoms with E-state index < -0.39 is 0 Å². The third kappa shape index (κ3) is 4.33. The van der Waals surface area contributed by atoms with E-state index in [1.165, 1.54) is 6.20 Å². The molecule has 0 fully saturated rings. The van der Waals surface area contributed by atoms with E-state index >= 15 is 0 Å². The number of oxazole rings is 1. The predicted octanol–water partition coefficient (Wildman–Crippen LogP) is 5.07. The van der Waals surface area contributed by atoms with Gasteiger partial charge < -0.3 is 8.98 Å². The second-order valence-corrected chi connectivity index (χ2v) is 6.85. The van der Waals surface area contributed by atoms with Crippen LogP contribution >= 0.6 is 12.2 Å². The average molecular weight is 399 g/mol. The van der Waals surface area contributed by atoms with E-state index in [-0.39, 0.29) is 0 Å². The molecule has 0 aliphatic rings. The second kappa shape index (κ2) is 8.67. The molecule has 2 aromatic carbocycles. The zero-order valence-corrected chi connectivity index (χ0v) is 17.2.